The third-order valence-corrected chi connectivity index (χ3v) is 2.36. The van der Waals surface area contributed by atoms with Crippen molar-refractivity contribution in [3.8, 4) is 0 Å². The predicted molar refractivity (Wildman–Crippen MR) is 72.2 cm³/mol. The molecule has 0 saturated heterocycles. The molecule has 0 aromatic carbocycles. The van der Waals surface area contributed by atoms with E-state index >= 15 is 0 Å². The van der Waals surface area contributed by atoms with E-state index in [1.807, 2.05) is 0 Å². The van der Waals surface area contributed by atoms with E-state index in [9.17, 15) is 22.8 Å². The quantitative estimate of drug-likeness (QED) is 0.805. The van der Waals surface area contributed by atoms with Crippen molar-refractivity contribution in [2.75, 3.05) is 6.54 Å². The molecule has 7 nitrogen and oxygen atoms in total. The molecular formula is C13H18F3N3O4. The Balaban J connectivity index is 2.33. The number of nitrogens with zero attached hydrogens (tertiary/aromatic N) is 1. The fourth-order valence-electron chi connectivity index (χ4n) is 1.48. The summed E-state index contributed by atoms with van der Waals surface area (Å²) in [6.45, 7) is 4.42. The van der Waals surface area contributed by atoms with Gasteiger partial charge < -0.3 is 19.8 Å². The predicted octanol–water partition coefficient (Wildman–Crippen LogP) is 2.39. The molecule has 0 aliphatic heterocycles. The highest BCUT2D eigenvalue weighted by molar-refractivity contribution is 5.72. The number of rotatable bonds is 5. The van der Waals surface area contributed by atoms with Gasteiger partial charge in [0.25, 0.3) is 0 Å². The maximum Gasteiger partial charge on any atom is 0.435 e. The Bertz CT molecular complexity index is 549. The van der Waals surface area contributed by atoms with Gasteiger partial charge in [0.2, 0.25) is 0 Å². The molecule has 0 unspecified atom stereocenters. The minimum atomic E-state index is -4.62. The normalized spacial score (nSPS) is 11.9. The number of H-pyrrole nitrogens is 1. The lowest BCUT2D eigenvalue weighted by molar-refractivity contribution is -0.148. The summed E-state index contributed by atoms with van der Waals surface area (Å²) in [6.07, 6.45) is -4.65. The van der Waals surface area contributed by atoms with Crippen LogP contribution in [0.15, 0.2) is 6.33 Å². The number of hydrogen-bond acceptors (Lipinski definition) is 5. The Morgan fingerprint density at radius 3 is 2.52 bits per heavy atom. The van der Waals surface area contributed by atoms with Crippen LogP contribution in [0.4, 0.5) is 18.0 Å². The Morgan fingerprint density at radius 2 is 1.96 bits per heavy atom. The van der Waals surface area contributed by atoms with E-state index in [1.165, 1.54) is 0 Å². The lowest BCUT2D eigenvalue weighted by Gasteiger charge is -2.19. The number of alkyl carbamates (subject to hydrolysis) is 1. The number of imidazole rings is 1. The number of alkyl halides is 3. The molecular weight excluding hydrogens is 319 g/mol. The molecule has 0 atom stereocenters. The van der Waals surface area contributed by atoms with Crippen molar-refractivity contribution in [1.82, 2.24) is 15.3 Å². The molecule has 1 aromatic heterocycles. The number of aromatic nitrogens is 2. The molecule has 0 bridgehead atoms. The molecule has 0 aliphatic carbocycles. The molecule has 1 heterocycles. The highest BCUT2D eigenvalue weighted by atomic mass is 19.4. The number of carbonyl (C=O) groups is 2. The Labute approximate surface area is 130 Å². The Morgan fingerprint density at radius 1 is 1.30 bits per heavy atom. The number of halogens is 3. The summed E-state index contributed by atoms with van der Waals surface area (Å²) in [4.78, 5) is 28.2. The number of ether oxygens (including phenoxy) is 2. The van der Waals surface area contributed by atoms with Gasteiger partial charge in [0.05, 0.1) is 18.4 Å². The van der Waals surface area contributed by atoms with Gasteiger partial charge in [-0.1, -0.05) is 0 Å². The second-order valence-corrected chi connectivity index (χ2v) is 5.57. The van der Waals surface area contributed by atoms with Crippen LogP contribution >= 0.6 is 0 Å². The third kappa shape index (κ3) is 7.02. The zero-order valence-corrected chi connectivity index (χ0v) is 12.9. The summed E-state index contributed by atoms with van der Waals surface area (Å²) in [5, 5.41) is 2.34. The van der Waals surface area contributed by atoms with Crippen LogP contribution in [0.2, 0.25) is 0 Å². The highest BCUT2D eigenvalue weighted by Crippen LogP contribution is 2.29. The summed E-state index contributed by atoms with van der Waals surface area (Å²) in [5.41, 5.74) is -2.14. The molecule has 23 heavy (non-hydrogen) atoms. The summed E-state index contributed by atoms with van der Waals surface area (Å²) in [7, 11) is 0. The van der Waals surface area contributed by atoms with E-state index < -0.39 is 36.1 Å². The zero-order valence-electron chi connectivity index (χ0n) is 12.9. The van der Waals surface area contributed by atoms with Gasteiger partial charge in [-0.3, -0.25) is 4.79 Å². The second-order valence-electron chi connectivity index (χ2n) is 5.57. The van der Waals surface area contributed by atoms with Gasteiger partial charge in [-0.05, 0) is 20.8 Å². The van der Waals surface area contributed by atoms with Crippen molar-refractivity contribution in [3.05, 3.63) is 17.7 Å². The van der Waals surface area contributed by atoms with Gasteiger partial charge in [-0.25, -0.2) is 9.78 Å². The first-order valence-corrected chi connectivity index (χ1v) is 6.71. The van der Waals surface area contributed by atoms with E-state index in [1.54, 1.807) is 20.8 Å². The van der Waals surface area contributed by atoms with Crippen LogP contribution in [0.1, 0.15) is 38.6 Å². The molecule has 0 saturated carbocycles. The topological polar surface area (TPSA) is 93.3 Å². The van der Waals surface area contributed by atoms with Gasteiger partial charge in [-0.15, -0.1) is 0 Å². The van der Waals surface area contributed by atoms with Crippen molar-refractivity contribution in [2.45, 2.75) is 45.6 Å². The summed E-state index contributed by atoms with van der Waals surface area (Å²) in [5.74, 6) is -0.760. The van der Waals surface area contributed by atoms with Crippen molar-refractivity contribution >= 4 is 12.1 Å². The molecule has 0 aliphatic rings. The number of esters is 1. The standard InChI is InChI=1S/C13H18F3N3O4/c1-12(2,3)23-11(21)17-5-4-9(20)22-6-8-10(13(14,15)16)19-7-18-8/h7H,4-6H2,1-3H3,(H,17,21)(H,18,19). The fraction of sp³-hybridized carbons (Fsp3) is 0.615. The molecule has 0 spiro atoms. The number of nitrogens with one attached hydrogen (secondary N) is 2. The van der Waals surface area contributed by atoms with Gasteiger partial charge >= 0.3 is 18.2 Å². The first-order valence-electron chi connectivity index (χ1n) is 6.71. The number of amides is 1. The fourth-order valence-corrected chi connectivity index (χ4v) is 1.48. The van der Waals surface area contributed by atoms with E-state index in [-0.39, 0.29) is 18.7 Å². The Kier molecular flexibility index (Phi) is 5.99. The molecule has 0 fully saturated rings. The van der Waals surface area contributed by atoms with Crippen LogP contribution in [0, 0.1) is 0 Å². The maximum atomic E-state index is 12.5. The van der Waals surface area contributed by atoms with Crippen molar-refractivity contribution in [3.63, 3.8) is 0 Å². The first kappa shape index (κ1) is 18.8. The zero-order chi connectivity index (χ0) is 17.7. The van der Waals surface area contributed by atoms with Gasteiger partial charge in [0.1, 0.15) is 12.2 Å². The van der Waals surface area contributed by atoms with Gasteiger partial charge in [0.15, 0.2) is 5.69 Å². The lowest BCUT2D eigenvalue weighted by atomic mass is 10.2. The van der Waals surface area contributed by atoms with Crippen molar-refractivity contribution < 1.29 is 32.2 Å². The van der Waals surface area contributed by atoms with Crippen molar-refractivity contribution in [1.29, 1.82) is 0 Å². The van der Waals surface area contributed by atoms with Crippen LogP contribution in [0.5, 0.6) is 0 Å². The number of hydrogen-bond donors (Lipinski definition) is 2. The van der Waals surface area contributed by atoms with Crippen LogP contribution < -0.4 is 5.32 Å². The third-order valence-electron chi connectivity index (χ3n) is 2.36. The summed E-state index contributed by atoms with van der Waals surface area (Å²) in [6, 6.07) is 0. The van der Waals surface area contributed by atoms with E-state index in [0.717, 1.165) is 6.33 Å². The van der Waals surface area contributed by atoms with Crippen molar-refractivity contribution in [2.24, 2.45) is 0 Å². The van der Waals surface area contributed by atoms with Gasteiger partial charge in [-0.2, -0.15) is 13.2 Å². The Hall–Kier alpha value is -2.26. The first-order chi connectivity index (χ1) is 10.5. The maximum absolute atomic E-state index is 12.5. The lowest BCUT2D eigenvalue weighted by Crippen LogP contribution is -2.33. The van der Waals surface area contributed by atoms with Crippen LogP contribution in [0.3, 0.4) is 0 Å². The van der Waals surface area contributed by atoms with Crippen LogP contribution in [-0.4, -0.2) is 34.2 Å². The second kappa shape index (κ2) is 7.34. The molecule has 1 rings (SSSR count). The van der Waals surface area contributed by atoms with E-state index in [4.69, 9.17) is 9.47 Å². The van der Waals surface area contributed by atoms with Crippen LogP contribution in [-0.2, 0) is 27.1 Å². The molecule has 2 N–H and O–H groups in total. The van der Waals surface area contributed by atoms with E-state index in [0.29, 0.717) is 0 Å². The minimum absolute atomic E-state index is 0.0527. The number of aromatic amines is 1. The average molecular weight is 337 g/mol. The van der Waals surface area contributed by atoms with Gasteiger partial charge in [0, 0.05) is 6.54 Å². The molecule has 0 radical (unpaired) electrons. The molecule has 1 aromatic rings. The SMILES string of the molecule is CC(C)(C)OC(=O)NCCC(=O)OCc1[nH]cnc1C(F)(F)F. The molecule has 1 amide bonds. The number of carbonyl (C=O) groups excluding carboxylic acids is 2. The molecule has 10 heteroatoms. The van der Waals surface area contributed by atoms with E-state index in [2.05, 4.69) is 15.3 Å². The smallest absolute Gasteiger partial charge is 0.435 e. The average Bonchev–Trinajstić information content (AvgIpc) is 2.82. The summed E-state index contributed by atoms with van der Waals surface area (Å²) >= 11 is 0. The molecule has 130 valence electrons. The minimum Gasteiger partial charge on any atom is -0.459 e. The highest BCUT2D eigenvalue weighted by Gasteiger charge is 2.36. The monoisotopic (exact) mass is 337 g/mol. The summed E-state index contributed by atoms with van der Waals surface area (Å²) < 4.78 is 47.3. The largest absolute Gasteiger partial charge is 0.459 e. The van der Waals surface area contributed by atoms with Crippen LogP contribution in [0.25, 0.3) is 0 Å².